The highest BCUT2D eigenvalue weighted by Gasteiger charge is 2.44. The Bertz CT molecular complexity index is 985. The molecule has 0 radical (unpaired) electrons. The summed E-state index contributed by atoms with van der Waals surface area (Å²) in [6.45, 7) is 23.1. The third kappa shape index (κ3) is 17.1. The summed E-state index contributed by atoms with van der Waals surface area (Å²) in [6.07, 6.45) is 4.50. The number of unbranched alkanes of at least 4 members (excludes halogenated alkanes) is 1. The van der Waals surface area contributed by atoms with Crippen LogP contribution in [0.25, 0.3) is 0 Å². The molecule has 1 amide bonds. The number of hydrogen-bond donors (Lipinski definition) is 2. The predicted molar refractivity (Wildman–Crippen MR) is 168 cm³/mol. The Kier molecular flexibility index (Phi) is 15.6. The lowest BCUT2D eigenvalue weighted by atomic mass is 9.72. The fraction of sp³-hybridized carbons (Fsp3) is 0.906. The molecule has 0 aliphatic carbocycles. The number of nitrogens with one attached hydrogen (secondary N) is 1. The zero-order valence-corrected chi connectivity index (χ0v) is 29.4. The molecule has 0 bridgehead atoms. The van der Waals surface area contributed by atoms with E-state index in [1.807, 2.05) is 69.2 Å². The van der Waals surface area contributed by atoms with Crippen LogP contribution in [0.2, 0.25) is 0 Å². The van der Waals surface area contributed by atoms with E-state index >= 15 is 0 Å². The van der Waals surface area contributed by atoms with Crippen molar-refractivity contribution in [2.75, 3.05) is 12.4 Å². The zero-order valence-electron chi connectivity index (χ0n) is 28.6. The van der Waals surface area contributed by atoms with E-state index < -0.39 is 37.8 Å². The van der Waals surface area contributed by atoms with Crippen molar-refractivity contribution in [2.24, 2.45) is 10.8 Å². The van der Waals surface area contributed by atoms with Gasteiger partial charge in [0.15, 0.2) is 0 Å². The summed E-state index contributed by atoms with van der Waals surface area (Å²) in [7, 11) is -4.24. The summed E-state index contributed by atoms with van der Waals surface area (Å²) in [5, 5.41) is 2.67. The summed E-state index contributed by atoms with van der Waals surface area (Å²) >= 11 is 0. The minimum atomic E-state index is -4.24. The SMILES string of the molecule is CC(C)(CS(=O)(=O)O)NC(=O)CCCC(CCCC(=O)C(C)(C)C)OC(C)(C)C(C)(C)C(=O)CCCCOC(C)(C)C. The maximum absolute atomic E-state index is 13.3. The molecule has 10 heteroatoms. The van der Waals surface area contributed by atoms with Crippen LogP contribution in [0.1, 0.15) is 141 Å². The molecule has 42 heavy (non-hydrogen) atoms. The van der Waals surface area contributed by atoms with Crippen molar-refractivity contribution in [3.8, 4) is 0 Å². The Balaban J connectivity index is 5.35. The second kappa shape index (κ2) is 16.1. The molecule has 0 fully saturated rings. The van der Waals surface area contributed by atoms with E-state index in [0.717, 1.165) is 12.8 Å². The summed E-state index contributed by atoms with van der Waals surface area (Å²) in [6, 6.07) is 0. The molecule has 0 saturated carbocycles. The van der Waals surface area contributed by atoms with Gasteiger partial charge in [-0.05, 0) is 87.0 Å². The van der Waals surface area contributed by atoms with E-state index in [4.69, 9.17) is 14.0 Å². The van der Waals surface area contributed by atoms with Gasteiger partial charge in [-0.3, -0.25) is 18.9 Å². The Labute approximate surface area is 256 Å². The van der Waals surface area contributed by atoms with Gasteiger partial charge in [-0.1, -0.05) is 34.6 Å². The molecular formula is C32H61NO8S. The molecule has 0 aromatic rings. The third-order valence-electron chi connectivity index (χ3n) is 7.71. The first-order chi connectivity index (χ1) is 18.7. The van der Waals surface area contributed by atoms with E-state index in [0.29, 0.717) is 45.1 Å². The average molecular weight is 620 g/mol. The van der Waals surface area contributed by atoms with Crippen molar-refractivity contribution in [2.45, 2.75) is 164 Å². The van der Waals surface area contributed by atoms with Gasteiger partial charge >= 0.3 is 0 Å². The van der Waals surface area contributed by atoms with Gasteiger partial charge in [0.2, 0.25) is 5.91 Å². The number of ether oxygens (including phenoxy) is 2. The minimum absolute atomic E-state index is 0.116. The van der Waals surface area contributed by atoms with Gasteiger partial charge in [0, 0.05) is 31.3 Å². The van der Waals surface area contributed by atoms with Crippen LogP contribution < -0.4 is 5.32 Å². The van der Waals surface area contributed by atoms with E-state index in [-0.39, 0.29) is 35.6 Å². The molecule has 0 heterocycles. The van der Waals surface area contributed by atoms with Gasteiger partial charge in [0.25, 0.3) is 10.1 Å². The van der Waals surface area contributed by atoms with E-state index in [1.165, 1.54) is 13.8 Å². The van der Waals surface area contributed by atoms with Crippen molar-refractivity contribution < 1.29 is 36.8 Å². The molecule has 1 unspecified atom stereocenters. The zero-order chi connectivity index (χ0) is 33.2. The van der Waals surface area contributed by atoms with Gasteiger partial charge in [-0.15, -0.1) is 0 Å². The van der Waals surface area contributed by atoms with E-state index in [9.17, 15) is 22.8 Å². The summed E-state index contributed by atoms with van der Waals surface area (Å²) in [5.41, 5.74) is -3.31. The Morgan fingerprint density at radius 2 is 1.24 bits per heavy atom. The fourth-order valence-corrected chi connectivity index (χ4v) is 5.51. The lowest BCUT2D eigenvalue weighted by Crippen LogP contribution is -2.49. The molecule has 0 aliphatic rings. The molecule has 0 aromatic heterocycles. The number of carbonyl (C=O) groups excluding carboxylic acids is 3. The average Bonchev–Trinajstić information content (AvgIpc) is 2.74. The highest BCUT2D eigenvalue weighted by atomic mass is 32.2. The number of amides is 1. The predicted octanol–water partition coefficient (Wildman–Crippen LogP) is 6.47. The maximum atomic E-state index is 13.3. The second-order valence-corrected chi connectivity index (χ2v) is 16.8. The lowest BCUT2D eigenvalue weighted by molar-refractivity contribution is -0.162. The largest absolute Gasteiger partial charge is 0.376 e. The number of ketones is 2. The Morgan fingerprint density at radius 1 is 0.738 bits per heavy atom. The van der Waals surface area contributed by atoms with Crippen LogP contribution in [-0.4, -0.2) is 65.6 Å². The fourth-order valence-electron chi connectivity index (χ4n) is 4.53. The van der Waals surface area contributed by atoms with E-state index in [2.05, 4.69) is 5.32 Å². The number of Topliss-reactive ketones (excluding diaryl/α,β-unsaturated/α-hetero) is 2. The Hall–Kier alpha value is -1.36. The maximum Gasteiger partial charge on any atom is 0.267 e. The van der Waals surface area contributed by atoms with Crippen molar-refractivity contribution >= 4 is 27.6 Å². The second-order valence-electron chi connectivity index (χ2n) is 15.3. The summed E-state index contributed by atoms with van der Waals surface area (Å²) in [5.74, 6) is -0.618. The van der Waals surface area contributed by atoms with Crippen LogP contribution in [0.3, 0.4) is 0 Å². The van der Waals surface area contributed by atoms with Gasteiger partial charge < -0.3 is 14.8 Å². The molecule has 0 spiro atoms. The van der Waals surface area contributed by atoms with Crippen LogP contribution in [0.5, 0.6) is 0 Å². The van der Waals surface area contributed by atoms with Gasteiger partial charge in [-0.25, -0.2) is 0 Å². The number of carbonyl (C=O) groups is 3. The van der Waals surface area contributed by atoms with Crippen molar-refractivity contribution in [1.29, 1.82) is 0 Å². The molecule has 2 N–H and O–H groups in total. The van der Waals surface area contributed by atoms with Crippen LogP contribution in [-0.2, 0) is 34.0 Å². The highest BCUT2D eigenvalue weighted by molar-refractivity contribution is 7.85. The molecule has 0 saturated heterocycles. The topological polar surface area (TPSA) is 136 Å². The van der Waals surface area contributed by atoms with Crippen LogP contribution >= 0.6 is 0 Å². The van der Waals surface area contributed by atoms with Crippen LogP contribution in [0.4, 0.5) is 0 Å². The van der Waals surface area contributed by atoms with Crippen molar-refractivity contribution in [1.82, 2.24) is 5.32 Å². The van der Waals surface area contributed by atoms with Gasteiger partial charge in [-0.2, -0.15) is 8.42 Å². The minimum Gasteiger partial charge on any atom is -0.376 e. The van der Waals surface area contributed by atoms with Gasteiger partial charge in [0.1, 0.15) is 11.6 Å². The molecule has 0 rings (SSSR count). The lowest BCUT2D eigenvalue weighted by Gasteiger charge is -2.43. The smallest absolute Gasteiger partial charge is 0.267 e. The van der Waals surface area contributed by atoms with Crippen LogP contribution in [0, 0.1) is 10.8 Å². The molecule has 9 nitrogen and oxygen atoms in total. The van der Waals surface area contributed by atoms with Crippen molar-refractivity contribution in [3.63, 3.8) is 0 Å². The van der Waals surface area contributed by atoms with Crippen LogP contribution in [0.15, 0.2) is 0 Å². The summed E-state index contributed by atoms with van der Waals surface area (Å²) < 4.78 is 44.1. The molecular weight excluding hydrogens is 558 g/mol. The number of hydrogen-bond acceptors (Lipinski definition) is 7. The van der Waals surface area contributed by atoms with Crippen molar-refractivity contribution in [3.05, 3.63) is 0 Å². The normalized spacial score (nSPS) is 14.5. The quantitative estimate of drug-likeness (QED) is 0.117. The van der Waals surface area contributed by atoms with E-state index in [1.54, 1.807) is 0 Å². The molecule has 0 aliphatic heterocycles. The summed E-state index contributed by atoms with van der Waals surface area (Å²) in [4.78, 5) is 38.4. The standard InChI is InChI=1S/C32H61NO8S/c1-28(2,3)25(34)20-15-17-24(18-16-21-27(36)33-30(7,8)23-42(37,38)39)41-32(11,12)31(9,10)26(35)19-13-14-22-40-29(4,5)6/h24H,13-23H2,1-12H3,(H,33,36)(H,37,38,39). The number of rotatable bonds is 20. The first kappa shape index (κ1) is 40.6. The molecule has 0 aromatic carbocycles. The molecule has 1 atom stereocenters. The third-order valence-corrected chi connectivity index (χ3v) is 8.80. The highest BCUT2D eigenvalue weighted by Crippen LogP contribution is 2.38. The monoisotopic (exact) mass is 619 g/mol. The first-order valence-electron chi connectivity index (χ1n) is 15.3. The Morgan fingerprint density at radius 3 is 1.71 bits per heavy atom. The van der Waals surface area contributed by atoms with Gasteiger partial charge in [0.05, 0.1) is 34.0 Å². The molecule has 248 valence electrons. The first-order valence-corrected chi connectivity index (χ1v) is 16.9.